The van der Waals surface area contributed by atoms with Gasteiger partial charge in [0.1, 0.15) is 5.82 Å². The van der Waals surface area contributed by atoms with Crippen LogP contribution in [0.2, 0.25) is 0 Å². The fourth-order valence-corrected chi connectivity index (χ4v) is 4.39. The first-order valence-electron chi connectivity index (χ1n) is 6.76. The number of halogens is 2. The molecule has 108 valence electrons. The van der Waals surface area contributed by atoms with Gasteiger partial charge in [-0.2, -0.15) is 0 Å². The van der Waals surface area contributed by atoms with E-state index in [1.165, 1.54) is 21.7 Å². The van der Waals surface area contributed by atoms with Crippen molar-refractivity contribution in [3.63, 3.8) is 0 Å². The Morgan fingerprint density at radius 3 is 2.81 bits per heavy atom. The van der Waals surface area contributed by atoms with E-state index in [1.807, 2.05) is 13.1 Å². The zero-order valence-corrected chi connectivity index (χ0v) is 14.5. The summed E-state index contributed by atoms with van der Waals surface area (Å²) in [4.78, 5) is 0. The Morgan fingerprint density at radius 1 is 1.24 bits per heavy atom. The van der Waals surface area contributed by atoms with Gasteiger partial charge in [0.2, 0.25) is 0 Å². The van der Waals surface area contributed by atoms with Crippen molar-refractivity contribution >= 4 is 44.0 Å². The second kappa shape index (κ2) is 6.42. The monoisotopic (exact) mass is 411 g/mol. The first-order valence-corrected chi connectivity index (χ1v) is 8.72. The lowest BCUT2D eigenvalue weighted by Gasteiger charge is -2.18. The predicted octanol–water partition coefficient (Wildman–Crippen LogP) is 5.15. The summed E-state index contributed by atoms with van der Waals surface area (Å²) >= 11 is 3.99. The highest BCUT2D eigenvalue weighted by Crippen LogP contribution is 2.30. The number of fused-ring (bicyclic) bond motifs is 1. The highest BCUT2D eigenvalue weighted by atomic mass is 127. The van der Waals surface area contributed by atoms with Gasteiger partial charge in [-0.15, -0.1) is 11.3 Å². The van der Waals surface area contributed by atoms with E-state index in [-0.39, 0.29) is 11.9 Å². The fraction of sp³-hybridized carbons (Fsp3) is 0.176. The summed E-state index contributed by atoms with van der Waals surface area (Å²) in [6.07, 6.45) is 0.905. The third-order valence-electron chi connectivity index (χ3n) is 3.67. The van der Waals surface area contributed by atoms with E-state index < -0.39 is 0 Å². The van der Waals surface area contributed by atoms with Gasteiger partial charge in [0.15, 0.2) is 0 Å². The number of benzene rings is 2. The summed E-state index contributed by atoms with van der Waals surface area (Å²) in [7, 11) is 1.96. The molecule has 0 saturated carbocycles. The van der Waals surface area contributed by atoms with Crippen LogP contribution in [-0.2, 0) is 6.42 Å². The molecular weight excluding hydrogens is 396 g/mol. The molecule has 0 amide bonds. The van der Waals surface area contributed by atoms with E-state index in [0.717, 1.165) is 15.6 Å². The van der Waals surface area contributed by atoms with Crippen LogP contribution in [0.25, 0.3) is 10.1 Å². The van der Waals surface area contributed by atoms with E-state index in [0.29, 0.717) is 0 Å². The molecule has 1 N–H and O–H groups in total. The van der Waals surface area contributed by atoms with Gasteiger partial charge in [0, 0.05) is 14.3 Å². The number of nitrogens with one attached hydrogen (secondary N) is 1. The summed E-state index contributed by atoms with van der Waals surface area (Å²) < 4.78 is 15.6. The average Bonchev–Trinajstić information content (AvgIpc) is 2.89. The maximum atomic E-state index is 13.3. The Labute approximate surface area is 141 Å². The standard InChI is InChI=1S/C17H15FINS/c1-20-16(14-7-6-12(18)9-15(14)19)8-11-10-21-17-5-3-2-4-13(11)17/h2-7,9-10,16,20H,8H2,1H3. The molecule has 1 heterocycles. The van der Waals surface area contributed by atoms with E-state index in [4.69, 9.17) is 0 Å². The van der Waals surface area contributed by atoms with Crippen LogP contribution in [0.4, 0.5) is 4.39 Å². The molecule has 1 atom stereocenters. The van der Waals surface area contributed by atoms with Gasteiger partial charge < -0.3 is 5.32 Å². The van der Waals surface area contributed by atoms with Crippen molar-refractivity contribution in [1.29, 1.82) is 0 Å². The van der Waals surface area contributed by atoms with Crippen molar-refractivity contribution in [2.75, 3.05) is 7.05 Å². The smallest absolute Gasteiger partial charge is 0.124 e. The van der Waals surface area contributed by atoms with Crippen molar-refractivity contribution in [2.45, 2.75) is 12.5 Å². The molecule has 0 saturated heterocycles. The van der Waals surface area contributed by atoms with Crippen LogP contribution in [0, 0.1) is 9.39 Å². The second-order valence-corrected chi connectivity index (χ2v) is 7.04. The third-order valence-corrected chi connectivity index (χ3v) is 5.62. The van der Waals surface area contributed by atoms with Gasteiger partial charge in [-0.05, 0) is 76.2 Å². The van der Waals surface area contributed by atoms with Crippen LogP contribution in [0.15, 0.2) is 47.8 Å². The first kappa shape index (κ1) is 14.9. The molecule has 1 aromatic heterocycles. The van der Waals surface area contributed by atoms with Crippen molar-refractivity contribution < 1.29 is 4.39 Å². The maximum absolute atomic E-state index is 13.3. The minimum atomic E-state index is -0.181. The molecule has 3 aromatic rings. The van der Waals surface area contributed by atoms with E-state index in [2.05, 4.69) is 57.6 Å². The number of likely N-dealkylation sites (N-methyl/N-ethyl adjacent to an activating group) is 1. The average molecular weight is 411 g/mol. The van der Waals surface area contributed by atoms with Crippen molar-refractivity contribution in [1.82, 2.24) is 5.32 Å². The third kappa shape index (κ3) is 3.12. The lowest BCUT2D eigenvalue weighted by molar-refractivity contribution is 0.584. The maximum Gasteiger partial charge on any atom is 0.124 e. The van der Waals surface area contributed by atoms with Crippen molar-refractivity contribution in [2.24, 2.45) is 0 Å². The first-order chi connectivity index (χ1) is 10.2. The number of rotatable bonds is 4. The second-order valence-electron chi connectivity index (χ2n) is 4.97. The Balaban J connectivity index is 1.94. The Morgan fingerprint density at radius 2 is 2.05 bits per heavy atom. The fourth-order valence-electron chi connectivity index (χ4n) is 2.56. The summed E-state index contributed by atoms with van der Waals surface area (Å²) in [5.74, 6) is -0.181. The Hall–Kier alpha value is -0.980. The van der Waals surface area contributed by atoms with Crippen LogP contribution < -0.4 is 5.32 Å². The van der Waals surface area contributed by atoms with E-state index in [1.54, 1.807) is 17.4 Å². The molecule has 0 bridgehead atoms. The Kier molecular flexibility index (Phi) is 4.57. The molecule has 0 aliphatic rings. The zero-order chi connectivity index (χ0) is 14.8. The number of hydrogen-bond donors (Lipinski definition) is 1. The van der Waals surface area contributed by atoms with Crippen molar-refractivity contribution in [3.05, 3.63) is 68.4 Å². The van der Waals surface area contributed by atoms with Gasteiger partial charge in [-0.3, -0.25) is 0 Å². The zero-order valence-electron chi connectivity index (χ0n) is 11.6. The molecular formula is C17H15FINS. The summed E-state index contributed by atoms with van der Waals surface area (Å²) in [6.45, 7) is 0. The van der Waals surface area contributed by atoms with Crippen LogP contribution in [0.1, 0.15) is 17.2 Å². The molecule has 1 nitrogen and oxygen atoms in total. The molecule has 0 radical (unpaired) electrons. The molecule has 2 aromatic carbocycles. The van der Waals surface area contributed by atoms with Gasteiger partial charge in [-0.1, -0.05) is 24.3 Å². The van der Waals surface area contributed by atoms with Crippen LogP contribution in [0.3, 0.4) is 0 Å². The van der Waals surface area contributed by atoms with Crippen LogP contribution >= 0.6 is 33.9 Å². The molecule has 3 rings (SSSR count). The molecule has 0 aliphatic heterocycles. The molecule has 1 unspecified atom stereocenters. The summed E-state index contributed by atoms with van der Waals surface area (Å²) in [5.41, 5.74) is 2.49. The Bertz CT molecular complexity index is 768. The molecule has 0 fully saturated rings. The number of thiophene rings is 1. The SMILES string of the molecule is CNC(Cc1csc2ccccc12)c1ccc(F)cc1I. The topological polar surface area (TPSA) is 12.0 Å². The highest BCUT2D eigenvalue weighted by Gasteiger charge is 2.16. The summed E-state index contributed by atoms with van der Waals surface area (Å²) in [5, 5.41) is 6.91. The van der Waals surface area contributed by atoms with Gasteiger partial charge >= 0.3 is 0 Å². The van der Waals surface area contributed by atoms with Crippen LogP contribution in [-0.4, -0.2) is 7.05 Å². The van der Waals surface area contributed by atoms with Crippen molar-refractivity contribution in [3.8, 4) is 0 Å². The van der Waals surface area contributed by atoms with Gasteiger partial charge in [-0.25, -0.2) is 4.39 Å². The van der Waals surface area contributed by atoms with Gasteiger partial charge in [0.25, 0.3) is 0 Å². The highest BCUT2D eigenvalue weighted by molar-refractivity contribution is 14.1. The largest absolute Gasteiger partial charge is 0.313 e. The molecule has 0 aliphatic carbocycles. The molecule has 0 spiro atoms. The van der Waals surface area contributed by atoms with Crippen LogP contribution in [0.5, 0.6) is 0 Å². The predicted molar refractivity (Wildman–Crippen MR) is 96.4 cm³/mol. The quantitative estimate of drug-likeness (QED) is 0.586. The number of hydrogen-bond acceptors (Lipinski definition) is 2. The summed E-state index contributed by atoms with van der Waals surface area (Å²) in [6, 6.07) is 13.7. The molecule has 21 heavy (non-hydrogen) atoms. The minimum absolute atomic E-state index is 0.181. The van der Waals surface area contributed by atoms with E-state index >= 15 is 0 Å². The van der Waals surface area contributed by atoms with Gasteiger partial charge in [0.05, 0.1) is 0 Å². The lowest BCUT2D eigenvalue weighted by atomic mass is 9.98. The van der Waals surface area contributed by atoms with E-state index in [9.17, 15) is 4.39 Å². The normalized spacial score (nSPS) is 12.7. The molecule has 4 heteroatoms. The minimum Gasteiger partial charge on any atom is -0.313 e. The lowest BCUT2D eigenvalue weighted by Crippen LogP contribution is -2.19.